The van der Waals surface area contributed by atoms with Gasteiger partial charge in [-0.3, -0.25) is 0 Å². The summed E-state index contributed by atoms with van der Waals surface area (Å²) in [7, 11) is -8.25. The summed E-state index contributed by atoms with van der Waals surface area (Å²) >= 11 is 0. The molecule has 0 fully saturated rings. The van der Waals surface area contributed by atoms with Crippen molar-refractivity contribution >= 4 is 20.2 Å². The van der Waals surface area contributed by atoms with Crippen LogP contribution in [0.1, 0.15) is 41.5 Å². The third kappa shape index (κ3) is 3.42. The number of rotatable bonds is 2. The van der Waals surface area contributed by atoms with Crippen LogP contribution in [-0.4, -0.2) is 26.3 Å². The van der Waals surface area contributed by atoms with Crippen LogP contribution in [0.4, 0.5) is 0 Å². The van der Waals surface area contributed by atoms with Crippen LogP contribution in [0.15, 0.2) is 0 Å². The lowest BCUT2D eigenvalue weighted by atomic mass is 10.3. The van der Waals surface area contributed by atoms with Crippen molar-refractivity contribution in [1.29, 1.82) is 0 Å². The second kappa shape index (κ2) is 3.71. The topological polar surface area (TPSA) is 77.5 Å². The summed E-state index contributed by atoms with van der Waals surface area (Å²) in [6, 6.07) is 0. The molecule has 0 heterocycles. The van der Waals surface area contributed by atoms with Gasteiger partial charge < -0.3 is 0 Å². The molecule has 0 N–H and O–H groups in total. The van der Waals surface area contributed by atoms with E-state index in [4.69, 9.17) is 0 Å². The van der Waals surface area contributed by atoms with E-state index in [0.29, 0.717) is 0 Å². The van der Waals surface area contributed by atoms with E-state index in [1.54, 1.807) is 0 Å². The lowest BCUT2D eigenvalue weighted by Gasteiger charge is -2.23. The van der Waals surface area contributed by atoms with Crippen molar-refractivity contribution in [2.24, 2.45) is 0 Å². The van der Waals surface area contributed by atoms with Crippen molar-refractivity contribution in [3.8, 4) is 0 Å². The van der Waals surface area contributed by atoms with Crippen LogP contribution in [0.25, 0.3) is 0 Å². The predicted octanol–water partition coefficient (Wildman–Crippen LogP) is 1.26. The van der Waals surface area contributed by atoms with Gasteiger partial charge in [-0.05, 0) is 41.5 Å². The Hall–Kier alpha value is -0.140. The van der Waals surface area contributed by atoms with Crippen molar-refractivity contribution in [2.75, 3.05) is 0 Å². The molecule has 0 unspecified atom stereocenters. The van der Waals surface area contributed by atoms with Gasteiger partial charge in [0.15, 0.2) is 0 Å². The van der Waals surface area contributed by atoms with Gasteiger partial charge in [0.1, 0.15) is 0 Å². The SMILES string of the molecule is CC(C)(C)S(=O)(=O)OS(=O)(=O)C(C)(C)C. The summed E-state index contributed by atoms with van der Waals surface area (Å²) in [4.78, 5) is 0. The second-order valence-electron chi connectivity index (χ2n) is 5.20. The van der Waals surface area contributed by atoms with E-state index >= 15 is 0 Å². The minimum atomic E-state index is -4.13. The van der Waals surface area contributed by atoms with E-state index in [-0.39, 0.29) is 0 Å². The maximum absolute atomic E-state index is 11.5. The maximum atomic E-state index is 11.5. The summed E-state index contributed by atoms with van der Waals surface area (Å²) < 4.78 is 47.8. The Balaban J connectivity index is 5.28. The summed E-state index contributed by atoms with van der Waals surface area (Å²) in [5.41, 5.74) is 0. The van der Waals surface area contributed by atoms with E-state index in [2.05, 4.69) is 3.63 Å². The minimum absolute atomic E-state index is 1.26. The fraction of sp³-hybridized carbons (Fsp3) is 1.00. The first-order valence-electron chi connectivity index (χ1n) is 4.41. The van der Waals surface area contributed by atoms with Gasteiger partial charge in [0.25, 0.3) is 20.2 Å². The summed E-state index contributed by atoms with van der Waals surface area (Å²) in [6.07, 6.45) is 0. The van der Waals surface area contributed by atoms with Crippen LogP contribution >= 0.6 is 0 Å². The van der Waals surface area contributed by atoms with Gasteiger partial charge in [0.2, 0.25) is 0 Å². The number of hydrogen-bond donors (Lipinski definition) is 0. The third-order valence-electron chi connectivity index (χ3n) is 1.68. The maximum Gasteiger partial charge on any atom is 0.286 e. The highest BCUT2D eigenvalue weighted by atomic mass is 32.3. The van der Waals surface area contributed by atoms with Crippen molar-refractivity contribution in [3.63, 3.8) is 0 Å². The zero-order chi connectivity index (χ0) is 12.7. The Morgan fingerprint density at radius 3 is 1.00 bits per heavy atom. The standard InChI is InChI=1S/C8H18O5S2/c1-7(2,3)14(9,10)13-15(11,12)8(4,5)6/h1-6H3. The molecular formula is C8H18O5S2. The minimum Gasteiger partial charge on any atom is -0.198 e. The molecule has 0 bridgehead atoms. The largest absolute Gasteiger partial charge is 0.286 e. The van der Waals surface area contributed by atoms with Gasteiger partial charge in [-0.2, -0.15) is 16.8 Å². The van der Waals surface area contributed by atoms with Crippen LogP contribution in [0, 0.1) is 0 Å². The molecule has 7 heteroatoms. The second-order valence-corrected chi connectivity index (χ2v) is 10.0. The predicted molar refractivity (Wildman–Crippen MR) is 58.4 cm³/mol. The van der Waals surface area contributed by atoms with Gasteiger partial charge in [0, 0.05) is 0 Å². The summed E-state index contributed by atoms with van der Waals surface area (Å²) in [6.45, 7) is 8.25. The Bertz CT molecular complexity index is 375. The average molecular weight is 258 g/mol. The third-order valence-corrected chi connectivity index (χ3v) is 6.11. The summed E-state index contributed by atoms with van der Waals surface area (Å²) in [5, 5.41) is 0. The van der Waals surface area contributed by atoms with E-state index in [1.807, 2.05) is 0 Å². The van der Waals surface area contributed by atoms with Crippen molar-refractivity contribution in [3.05, 3.63) is 0 Å². The lowest BCUT2D eigenvalue weighted by molar-refractivity contribution is 0.422. The van der Waals surface area contributed by atoms with Crippen LogP contribution in [0.2, 0.25) is 0 Å². The molecule has 5 nitrogen and oxygen atoms in total. The molecule has 0 rings (SSSR count). The molecule has 0 spiro atoms. The van der Waals surface area contributed by atoms with Crippen LogP contribution in [-0.2, 0) is 23.9 Å². The van der Waals surface area contributed by atoms with Gasteiger partial charge in [-0.15, -0.1) is 3.63 Å². The van der Waals surface area contributed by atoms with E-state index in [1.165, 1.54) is 41.5 Å². The van der Waals surface area contributed by atoms with Gasteiger partial charge in [-0.25, -0.2) is 0 Å². The average Bonchev–Trinajstić information content (AvgIpc) is 1.77. The van der Waals surface area contributed by atoms with Gasteiger partial charge >= 0.3 is 0 Å². The smallest absolute Gasteiger partial charge is 0.198 e. The molecular weight excluding hydrogens is 240 g/mol. The lowest BCUT2D eigenvalue weighted by Crippen LogP contribution is -2.38. The molecule has 0 saturated carbocycles. The highest BCUT2D eigenvalue weighted by Crippen LogP contribution is 2.25. The first kappa shape index (κ1) is 14.9. The molecule has 15 heavy (non-hydrogen) atoms. The Labute approximate surface area is 92.1 Å². The molecule has 0 aliphatic heterocycles. The molecule has 0 saturated heterocycles. The molecule has 0 aromatic heterocycles. The first-order valence-corrected chi connectivity index (χ1v) is 7.22. The Kier molecular flexibility index (Phi) is 3.67. The molecule has 92 valence electrons. The molecule has 0 aliphatic rings. The molecule has 0 aliphatic carbocycles. The highest BCUT2D eigenvalue weighted by Gasteiger charge is 2.40. The number of hydrogen-bond acceptors (Lipinski definition) is 5. The monoisotopic (exact) mass is 258 g/mol. The fourth-order valence-corrected chi connectivity index (χ4v) is 2.90. The van der Waals surface area contributed by atoms with E-state index < -0.39 is 29.7 Å². The molecule has 0 aromatic carbocycles. The van der Waals surface area contributed by atoms with Gasteiger partial charge in [-0.1, -0.05) is 0 Å². The normalized spacial score (nSPS) is 15.3. The Morgan fingerprint density at radius 1 is 0.667 bits per heavy atom. The fourth-order valence-electron chi connectivity index (χ4n) is 0.322. The van der Waals surface area contributed by atoms with E-state index in [9.17, 15) is 16.8 Å². The molecule has 0 amide bonds. The van der Waals surface area contributed by atoms with Crippen molar-refractivity contribution < 1.29 is 20.5 Å². The van der Waals surface area contributed by atoms with Crippen LogP contribution in [0.3, 0.4) is 0 Å². The first-order chi connectivity index (χ1) is 6.21. The van der Waals surface area contributed by atoms with Crippen LogP contribution in [0.5, 0.6) is 0 Å². The highest BCUT2D eigenvalue weighted by molar-refractivity contribution is 8.01. The zero-order valence-corrected chi connectivity index (χ0v) is 11.5. The molecule has 0 atom stereocenters. The van der Waals surface area contributed by atoms with Crippen molar-refractivity contribution in [1.82, 2.24) is 0 Å². The van der Waals surface area contributed by atoms with Gasteiger partial charge in [0.05, 0.1) is 9.49 Å². The zero-order valence-electron chi connectivity index (χ0n) is 9.86. The molecule has 0 radical (unpaired) electrons. The molecule has 0 aromatic rings. The van der Waals surface area contributed by atoms with E-state index in [0.717, 1.165) is 0 Å². The van der Waals surface area contributed by atoms with Crippen molar-refractivity contribution in [2.45, 2.75) is 51.0 Å². The quantitative estimate of drug-likeness (QED) is 0.745. The Morgan fingerprint density at radius 2 is 0.867 bits per heavy atom. The van der Waals surface area contributed by atoms with Crippen LogP contribution < -0.4 is 0 Å². The summed E-state index contributed by atoms with van der Waals surface area (Å²) in [5.74, 6) is 0.